The topological polar surface area (TPSA) is 111 Å². The fourth-order valence-corrected chi connectivity index (χ4v) is 4.38. The molecule has 5 rings (SSSR count). The maximum absolute atomic E-state index is 12.5. The van der Waals surface area contributed by atoms with E-state index in [1.165, 1.54) is 0 Å². The second-order valence-corrected chi connectivity index (χ2v) is 9.28. The standard InChI is InChI=1S/C29H22ClN2O4.Na.H2O/c1-18-27(31-28(34)35-19(2)24-5-3-4-6-25(24)30)26(36-32-18)12-8-20-7-9-22-16-23(11-10-21(22)15-20)29(17-33)13-14-29;;/h3-7,9-11,15-16,19H,13-14H2,1-2H3,(H,31,34);;1H2/q-1;+1;/p-1/t19-;;/m1../s1. The van der Waals surface area contributed by atoms with Crippen LogP contribution in [0.15, 0.2) is 65.2 Å². The molecule has 1 fully saturated rings. The third-order valence-electron chi connectivity index (χ3n) is 6.38. The van der Waals surface area contributed by atoms with E-state index in [-0.39, 0.29) is 40.8 Å². The fourth-order valence-electron chi connectivity index (χ4n) is 4.09. The summed E-state index contributed by atoms with van der Waals surface area (Å²) in [5, 5.41) is 9.18. The number of halogens is 1. The summed E-state index contributed by atoms with van der Waals surface area (Å²) in [5.41, 5.74) is 2.89. The Balaban J connectivity index is 0.00000200. The van der Waals surface area contributed by atoms with Crippen molar-refractivity contribution in [1.82, 2.24) is 5.16 Å². The number of aryl methyl sites for hydroxylation is 1. The van der Waals surface area contributed by atoms with Crippen molar-refractivity contribution in [3.63, 3.8) is 0 Å². The van der Waals surface area contributed by atoms with Crippen LogP contribution >= 0.6 is 11.6 Å². The van der Waals surface area contributed by atoms with Crippen LogP contribution in [0, 0.1) is 18.8 Å². The first-order chi connectivity index (χ1) is 17.4. The van der Waals surface area contributed by atoms with Gasteiger partial charge in [-0.3, -0.25) is 11.6 Å². The van der Waals surface area contributed by atoms with Gasteiger partial charge < -0.3 is 19.5 Å². The van der Waals surface area contributed by atoms with Crippen molar-refractivity contribution in [2.24, 2.45) is 0 Å². The Bertz CT molecular complexity index is 1550. The van der Waals surface area contributed by atoms with Crippen molar-refractivity contribution in [1.29, 1.82) is 0 Å². The van der Waals surface area contributed by atoms with Crippen LogP contribution in [0.4, 0.5) is 10.5 Å². The van der Waals surface area contributed by atoms with Gasteiger partial charge in [-0.05, 0) is 48.7 Å². The van der Waals surface area contributed by atoms with Crippen LogP contribution in [0.3, 0.4) is 0 Å². The number of amides is 1. The monoisotopic (exact) mass is 537 g/mol. The van der Waals surface area contributed by atoms with E-state index in [1.807, 2.05) is 48.5 Å². The molecule has 0 saturated heterocycles. The third kappa shape index (κ3) is 6.12. The number of fused-ring (bicyclic) bond motifs is 1. The van der Waals surface area contributed by atoms with Crippen LogP contribution in [-0.2, 0) is 14.9 Å². The van der Waals surface area contributed by atoms with Gasteiger partial charge >= 0.3 is 35.7 Å². The Hall–Kier alpha value is -3.12. The molecule has 1 heterocycles. The number of hydrogen-bond acceptors (Lipinski definition) is 6. The van der Waals surface area contributed by atoms with Crippen LogP contribution < -0.4 is 34.9 Å². The zero-order valence-corrected chi connectivity index (χ0v) is 23.9. The van der Waals surface area contributed by atoms with Gasteiger partial charge in [-0.25, -0.2) is 4.79 Å². The molecule has 3 aromatic carbocycles. The number of ether oxygens (including phenoxy) is 1. The number of benzene rings is 3. The summed E-state index contributed by atoms with van der Waals surface area (Å²) in [6.07, 6.45) is 2.68. The fraction of sp³-hybridized carbons (Fsp3) is 0.207. The van der Waals surface area contributed by atoms with E-state index < -0.39 is 17.6 Å². The first-order valence-electron chi connectivity index (χ1n) is 11.5. The molecule has 0 unspecified atom stereocenters. The van der Waals surface area contributed by atoms with Crippen LogP contribution in [-0.4, -0.2) is 23.0 Å². The molecule has 1 saturated carbocycles. The van der Waals surface area contributed by atoms with Gasteiger partial charge in [-0.1, -0.05) is 83.5 Å². The van der Waals surface area contributed by atoms with E-state index in [4.69, 9.17) is 20.9 Å². The molecule has 1 amide bonds. The maximum Gasteiger partial charge on any atom is 1.00 e. The Kier molecular flexibility index (Phi) is 9.42. The van der Waals surface area contributed by atoms with Crippen molar-refractivity contribution in [3.8, 4) is 11.8 Å². The number of carbonyl (C=O) groups is 1. The number of anilines is 1. The molecule has 1 aliphatic carbocycles. The molecule has 2 N–H and O–H groups in total. The average molecular weight is 538 g/mol. The van der Waals surface area contributed by atoms with Crippen molar-refractivity contribution < 1.29 is 53.9 Å². The summed E-state index contributed by atoms with van der Waals surface area (Å²) in [7, 11) is 0. The Morgan fingerprint density at radius 3 is 2.55 bits per heavy atom. The van der Waals surface area contributed by atoms with Crippen molar-refractivity contribution in [3.05, 3.63) is 93.8 Å². The number of hydrogen-bond donors (Lipinski definition) is 1. The van der Waals surface area contributed by atoms with Crippen molar-refractivity contribution >= 4 is 40.4 Å². The SMILES string of the molecule is Cc1noc(C#Cc2ccc3cc(C4([C-]=O)CC4)ccc3c2)c1NC(=O)O[C@H](C)c1ccccc1Cl.[Na+].[OH-]. The number of carbonyl (C=O) groups excluding carboxylic acids is 2. The van der Waals surface area contributed by atoms with E-state index in [1.54, 1.807) is 26.0 Å². The van der Waals surface area contributed by atoms with E-state index in [0.717, 1.165) is 34.7 Å². The number of rotatable bonds is 5. The molecular formula is C29H23ClN2NaO5-. The van der Waals surface area contributed by atoms with Gasteiger partial charge in [-0.15, -0.1) is 5.41 Å². The predicted octanol–water partition coefficient (Wildman–Crippen LogP) is 3.47. The van der Waals surface area contributed by atoms with Crippen LogP contribution in [0.2, 0.25) is 5.02 Å². The maximum atomic E-state index is 12.5. The molecular weight excluding hydrogens is 515 g/mol. The largest absolute Gasteiger partial charge is 1.00 e. The van der Waals surface area contributed by atoms with Crippen molar-refractivity contribution in [2.75, 3.05) is 5.32 Å². The minimum Gasteiger partial charge on any atom is -0.870 e. The minimum absolute atomic E-state index is 0. The van der Waals surface area contributed by atoms with Gasteiger partial charge in [0, 0.05) is 16.1 Å². The summed E-state index contributed by atoms with van der Waals surface area (Å²) < 4.78 is 10.8. The minimum atomic E-state index is -0.667. The number of nitrogens with zero attached hydrogens (tertiary/aromatic N) is 1. The quantitative estimate of drug-likeness (QED) is 0.237. The van der Waals surface area contributed by atoms with Crippen LogP contribution in [0.1, 0.15) is 54.0 Å². The molecule has 38 heavy (non-hydrogen) atoms. The summed E-state index contributed by atoms with van der Waals surface area (Å²) in [4.78, 5) is 23.9. The molecule has 0 spiro atoms. The second kappa shape index (κ2) is 12.2. The van der Waals surface area contributed by atoms with Crippen LogP contribution in [0.25, 0.3) is 10.8 Å². The van der Waals surface area contributed by atoms with Crippen molar-refractivity contribution in [2.45, 2.75) is 38.2 Å². The predicted molar refractivity (Wildman–Crippen MR) is 140 cm³/mol. The smallest absolute Gasteiger partial charge is 0.870 e. The van der Waals surface area contributed by atoms with E-state index >= 15 is 0 Å². The molecule has 7 nitrogen and oxygen atoms in total. The summed E-state index contributed by atoms with van der Waals surface area (Å²) in [6.45, 7) is 3.45. The zero-order valence-electron chi connectivity index (χ0n) is 21.2. The second-order valence-electron chi connectivity index (χ2n) is 8.88. The molecule has 1 aliphatic rings. The van der Waals surface area contributed by atoms with E-state index in [0.29, 0.717) is 22.0 Å². The Labute approximate surface area is 247 Å². The number of aromatic nitrogens is 1. The third-order valence-corrected chi connectivity index (χ3v) is 6.72. The summed E-state index contributed by atoms with van der Waals surface area (Å²) >= 11 is 6.20. The Morgan fingerprint density at radius 1 is 1.13 bits per heavy atom. The summed E-state index contributed by atoms with van der Waals surface area (Å²) in [6, 6.07) is 19.0. The molecule has 4 aromatic rings. The first kappa shape index (κ1) is 29.4. The zero-order chi connectivity index (χ0) is 25.3. The van der Waals surface area contributed by atoms with Gasteiger partial charge in [0.2, 0.25) is 5.76 Å². The molecule has 188 valence electrons. The number of nitrogens with one attached hydrogen (secondary N) is 1. The molecule has 0 aliphatic heterocycles. The summed E-state index contributed by atoms with van der Waals surface area (Å²) in [5.74, 6) is 6.24. The molecule has 9 heteroatoms. The van der Waals surface area contributed by atoms with Gasteiger partial charge in [0.1, 0.15) is 17.5 Å². The van der Waals surface area contributed by atoms with E-state index in [9.17, 15) is 9.59 Å². The van der Waals surface area contributed by atoms with Crippen LogP contribution in [0.5, 0.6) is 0 Å². The normalized spacial score (nSPS) is 13.7. The van der Waals surface area contributed by atoms with E-state index in [2.05, 4.69) is 28.6 Å². The molecule has 1 atom stereocenters. The Morgan fingerprint density at radius 2 is 1.84 bits per heavy atom. The molecule has 0 radical (unpaired) electrons. The van der Waals surface area contributed by atoms with Gasteiger partial charge in [0.25, 0.3) is 0 Å². The van der Waals surface area contributed by atoms with Gasteiger partial charge in [-0.2, -0.15) is 0 Å². The van der Waals surface area contributed by atoms with Gasteiger partial charge in [0.15, 0.2) is 0 Å². The average Bonchev–Trinajstić information content (AvgIpc) is 3.61. The molecule has 1 aromatic heterocycles. The molecule has 0 bridgehead atoms. The van der Waals surface area contributed by atoms with Gasteiger partial charge in [0.05, 0.1) is 0 Å². The first-order valence-corrected chi connectivity index (χ1v) is 11.9.